The number of rotatable bonds is 9. The first-order valence-electron chi connectivity index (χ1n) is 10.0. The molecule has 1 aromatic heterocycles. The van der Waals surface area contributed by atoms with Gasteiger partial charge in [0.2, 0.25) is 0 Å². The molecule has 32 heavy (non-hydrogen) atoms. The summed E-state index contributed by atoms with van der Waals surface area (Å²) < 4.78 is 16.5. The molecular formula is C24H24BrNO5S. The maximum Gasteiger partial charge on any atom is 0.351 e. The molecule has 0 aliphatic heterocycles. The van der Waals surface area contributed by atoms with E-state index in [9.17, 15) is 9.59 Å². The van der Waals surface area contributed by atoms with Crippen LogP contribution in [0.3, 0.4) is 0 Å². The Kier molecular flexibility index (Phi) is 8.30. The van der Waals surface area contributed by atoms with E-state index >= 15 is 0 Å². The van der Waals surface area contributed by atoms with E-state index in [4.69, 9.17) is 14.2 Å². The second-order valence-corrected chi connectivity index (χ2v) is 8.80. The normalized spacial score (nSPS) is 10.5. The van der Waals surface area contributed by atoms with Gasteiger partial charge in [-0.3, -0.25) is 0 Å². The highest BCUT2D eigenvalue weighted by Gasteiger charge is 2.24. The van der Waals surface area contributed by atoms with Crippen molar-refractivity contribution >= 4 is 44.9 Å². The number of anilines is 1. The monoisotopic (exact) mass is 517 g/mol. The van der Waals surface area contributed by atoms with Crippen molar-refractivity contribution in [3.8, 4) is 16.2 Å². The summed E-state index contributed by atoms with van der Waals surface area (Å²) in [4.78, 5) is 25.3. The topological polar surface area (TPSA) is 73.9 Å². The van der Waals surface area contributed by atoms with Gasteiger partial charge >= 0.3 is 11.9 Å². The van der Waals surface area contributed by atoms with Gasteiger partial charge in [0.15, 0.2) is 11.5 Å². The van der Waals surface area contributed by atoms with Crippen LogP contribution < -0.4 is 10.1 Å². The predicted molar refractivity (Wildman–Crippen MR) is 129 cm³/mol. The molecule has 0 saturated heterocycles. The molecule has 0 aliphatic rings. The summed E-state index contributed by atoms with van der Waals surface area (Å²) in [6.07, 6.45) is 0. The summed E-state index contributed by atoms with van der Waals surface area (Å²) in [6.45, 7) is 4.25. The highest BCUT2D eigenvalue weighted by molar-refractivity contribution is 9.10. The molecule has 0 bridgehead atoms. The Bertz CT molecular complexity index is 1110. The third-order valence-electron chi connectivity index (χ3n) is 4.61. The lowest BCUT2D eigenvalue weighted by Crippen LogP contribution is -2.15. The fraction of sp³-hybridized carbons (Fsp3) is 0.250. The van der Waals surface area contributed by atoms with Crippen LogP contribution in [0.25, 0.3) is 10.4 Å². The zero-order valence-corrected chi connectivity index (χ0v) is 20.5. The number of nitrogens with one attached hydrogen (secondary N) is 1. The molecular weight excluding hydrogens is 494 g/mol. The van der Waals surface area contributed by atoms with Crippen LogP contribution in [-0.2, 0) is 20.8 Å². The SMILES string of the molecule is CCOC(=O)COc1c(C(=O)OC)sc(-c2cccc(NCc3cccc(Br)c3)c2)c1C. The number of carbonyl (C=O) groups is 2. The van der Waals surface area contributed by atoms with Crippen molar-refractivity contribution in [2.24, 2.45) is 0 Å². The van der Waals surface area contributed by atoms with Gasteiger partial charge in [-0.15, -0.1) is 11.3 Å². The number of hydrogen-bond acceptors (Lipinski definition) is 7. The molecule has 0 unspecified atom stereocenters. The van der Waals surface area contributed by atoms with E-state index in [1.54, 1.807) is 6.92 Å². The van der Waals surface area contributed by atoms with Gasteiger partial charge in [-0.25, -0.2) is 9.59 Å². The molecule has 6 nitrogen and oxygen atoms in total. The van der Waals surface area contributed by atoms with E-state index in [0.29, 0.717) is 17.2 Å². The van der Waals surface area contributed by atoms with Crippen molar-refractivity contribution in [2.45, 2.75) is 20.4 Å². The zero-order chi connectivity index (χ0) is 23.1. The van der Waals surface area contributed by atoms with Crippen LogP contribution in [0, 0.1) is 6.92 Å². The Hall–Kier alpha value is -2.84. The quantitative estimate of drug-likeness (QED) is 0.360. The van der Waals surface area contributed by atoms with Crippen LogP contribution in [0.1, 0.15) is 27.7 Å². The minimum Gasteiger partial charge on any atom is -0.480 e. The Morgan fingerprint density at radius 2 is 1.91 bits per heavy atom. The maximum atomic E-state index is 12.3. The largest absolute Gasteiger partial charge is 0.480 e. The van der Waals surface area contributed by atoms with Gasteiger partial charge in [0.1, 0.15) is 5.75 Å². The van der Waals surface area contributed by atoms with Gasteiger partial charge in [-0.05, 0) is 49.2 Å². The van der Waals surface area contributed by atoms with Gasteiger partial charge in [0, 0.05) is 27.1 Å². The third-order valence-corrected chi connectivity index (χ3v) is 6.41. The van der Waals surface area contributed by atoms with E-state index in [1.165, 1.54) is 18.4 Å². The molecule has 168 valence electrons. The number of ether oxygens (including phenoxy) is 3. The minimum atomic E-state index is -0.507. The highest BCUT2D eigenvalue weighted by atomic mass is 79.9. The molecule has 0 radical (unpaired) electrons. The molecule has 0 fully saturated rings. The fourth-order valence-corrected chi connectivity index (χ4v) is 4.74. The molecule has 1 N–H and O–H groups in total. The summed E-state index contributed by atoms with van der Waals surface area (Å²) in [5, 5.41) is 3.43. The number of esters is 2. The lowest BCUT2D eigenvalue weighted by molar-refractivity contribution is -0.145. The minimum absolute atomic E-state index is 0.264. The molecule has 3 rings (SSSR count). The zero-order valence-electron chi connectivity index (χ0n) is 18.1. The van der Waals surface area contributed by atoms with Gasteiger partial charge in [0.25, 0.3) is 0 Å². The number of carbonyl (C=O) groups excluding carboxylic acids is 2. The molecule has 0 amide bonds. The summed E-state index contributed by atoms with van der Waals surface area (Å²) >= 11 is 4.77. The number of methoxy groups -OCH3 is 1. The molecule has 8 heteroatoms. The first-order chi connectivity index (χ1) is 15.4. The van der Waals surface area contributed by atoms with Gasteiger partial charge in [-0.2, -0.15) is 0 Å². The van der Waals surface area contributed by atoms with Crippen LogP contribution in [0.4, 0.5) is 5.69 Å². The first-order valence-corrected chi connectivity index (χ1v) is 11.6. The number of thiophene rings is 1. The number of hydrogen-bond donors (Lipinski definition) is 1. The summed E-state index contributed by atoms with van der Waals surface area (Å²) in [6, 6.07) is 16.0. The van der Waals surface area contributed by atoms with Crippen LogP contribution in [0.15, 0.2) is 53.0 Å². The van der Waals surface area contributed by atoms with Gasteiger partial charge < -0.3 is 19.5 Å². The van der Waals surface area contributed by atoms with E-state index in [2.05, 4.69) is 33.4 Å². The lowest BCUT2D eigenvalue weighted by Gasteiger charge is -2.09. The second-order valence-electron chi connectivity index (χ2n) is 6.86. The maximum absolute atomic E-state index is 12.3. The van der Waals surface area contributed by atoms with Crippen LogP contribution in [-0.4, -0.2) is 32.3 Å². The van der Waals surface area contributed by atoms with E-state index in [1.807, 2.05) is 43.3 Å². The van der Waals surface area contributed by atoms with Crippen LogP contribution in [0.2, 0.25) is 0 Å². The van der Waals surface area contributed by atoms with Crippen LogP contribution in [0.5, 0.6) is 5.75 Å². The van der Waals surface area contributed by atoms with Crippen molar-refractivity contribution in [3.63, 3.8) is 0 Å². The molecule has 0 spiro atoms. The predicted octanol–water partition coefficient (Wildman–Crippen LogP) is 5.83. The Labute approximate surface area is 199 Å². The average molecular weight is 518 g/mol. The van der Waals surface area contributed by atoms with E-state index in [0.717, 1.165) is 31.7 Å². The summed E-state index contributed by atoms with van der Waals surface area (Å²) in [7, 11) is 1.32. The Morgan fingerprint density at radius 1 is 1.12 bits per heavy atom. The average Bonchev–Trinajstić information content (AvgIpc) is 3.12. The molecule has 0 atom stereocenters. The van der Waals surface area contributed by atoms with Crippen molar-refractivity contribution in [2.75, 3.05) is 25.6 Å². The molecule has 3 aromatic rings. The summed E-state index contributed by atoms with van der Waals surface area (Å²) in [5.74, 6) is -0.654. The molecule has 2 aromatic carbocycles. The third kappa shape index (κ3) is 5.89. The smallest absolute Gasteiger partial charge is 0.351 e. The van der Waals surface area contributed by atoms with Gasteiger partial charge in [-0.1, -0.05) is 40.2 Å². The number of benzene rings is 2. The molecule has 1 heterocycles. The Balaban J connectivity index is 1.85. The van der Waals surface area contributed by atoms with E-state index in [-0.39, 0.29) is 13.2 Å². The van der Waals surface area contributed by atoms with Crippen molar-refractivity contribution in [1.82, 2.24) is 0 Å². The van der Waals surface area contributed by atoms with E-state index < -0.39 is 11.9 Å². The van der Waals surface area contributed by atoms with Crippen LogP contribution >= 0.6 is 27.3 Å². The first kappa shape index (κ1) is 23.8. The highest BCUT2D eigenvalue weighted by Crippen LogP contribution is 2.42. The summed E-state index contributed by atoms with van der Waals surface area (Å²) in [5.41, 5.74) is 3.80. The van der Waals surface area contributed by atoms with Gasteiger partial charge in [0.05, 0.1) is 13.7 Å². The number of halogens is 1. The van der Waals surface area contributed by atoms with Crippen molar-refractivity contribution in [1.29, 1.82) is 0 Å². The standard InChI is InChI=1S/C24H24BrNO5S/c1-4-30-20(27)14-31-21-15(2)22(32-23(21)24(28)29-3)17-8-6-10-19(12-17)26-13-16-7-5-9-18(25)11-16/h5-12,26H,4,13-14H2,1-3H3. The molecule has 0 saturated carbocycles. The van der Waals surface area contributed by atoms with Crippen molar-refractivity contribution < 1.29 is 23.8 Å². The lowest BCUT2D eigenvalue weighted by atomic mass is 10.1. The second kappa shape index (κ2) is 11.2. The fourth-order valence-electron chi connectivity index (χ4n) is 3.13. The van der Waals surface area contributed by atoms with Crippen molar-refractivity contribution in [3.05, 3.63) is 69.0 Å². The molecule has 0 aliphatic carbocycles. The Morgan fingerprint density at radius 3 is 2.62 bits per heavy atom.